The highest BCUT2D eigenvalue weighted by Crippen LogP contribution is 2.45. The van der Waals surface area contributed by atoms with E-state index in [9.17, 15) is 20.1 Å². The van der Waals surface area contributed by atoms with Crippen LogP contribution in [-0.2, 0) is 21.9 Å². The maximum atomic E-state index is 12.2. The highest BCUT2D eigenvalue weighted by molar-refractivity contribution is 5.82. The summed E-state index contributed by atoms with van der Waals surface area (Å²) in [7, 11) is 0. The predicted molar refractivity (Wildman–Crippen MR) is 113 cm³/mol. The number of carbonyl (C=O) groups is 1. The monoisotopic (exact) mass is 436 g/mol. The number of likely N-dealkylation sites (N-methyl/N-ethyl adjacent to an activating group) is 1. The molecule has 0 bridgehead atoms. The molecule has 1 aliphatic rings. The zero-order valence-electron chi connectivity index (χ0n) is 18.2. The van der Waals surface area contributed by atoms with E-state index < -0.39 is 30.3 Å². The second kappa shape index (κ2) is 9.03. The lowest BCUT2D eigenvalue weighted by atomic mass is 9.69. The quantitative estimate of drug-likeness (QED) is 0.383. The number of amides is 1. The number of anilines is 1. The number of fused-ring (bicyclic) bond motifs is 1. The molecule has 0 aromatic carbocycles. The zero-order valence-corrected chi connectivity index (χ0v) is 18.2. The lowest BCUT2D eigenvalue weighted by molar-refractivity contribution is -0.147. The number of nitrogens with two attached hydrogens (primary N) is 1. The summed E-state index contributed by atoms with van der Waals surface area (Å²) in [5.41, 5.74) is 5.56. The summed E-state index contributed by atoms with van der Waals surface area (Å²) < 4.78 is 7.10. The number of hydrogen-bond acceptors (Lipinski definition) is 9. The minimum absolute atomic E-state index is 0.0519. The van der Waals surface area contributed by atoms with E-state index in [-0.39, 0.29) is 23.8 Å². The molecule has 2 heterocycles. The summed E-state index contributed by atoms with van der Waals surface area (Å²) >= 11 is 0. The molecule has 2 unspecified atom stereocenters. The third kappa shape index (κ3) is 4.95. The molecule has 0 spiro atoms. The summed E-state index contributed by atoms with van der Waals surface area (Å²) in [6, 6.07) is 0. The fourth-order valence-corrected chi connectivity index (χ4v) is 4.18. The van der Waals surface area contributed by atoms with Crippen LogP contribution in [0.2, 0.25) is 0 Å². The van der Waals surface area contributed by atoms with Crippen LogP contribution in [0.3, 0.4) is 0 Å². The van der Waals surface area contributed by atoms with Crippen LogP contribution in [0, 0.1) is 5.41 Å². The van der Waals surface area contributed by atoms with Gasteiger partial charge in [0, 0.05) is 6.54 Å². The van der Waals surface area contributed by atoms with Gasteiger partial charge in [0.05, 0.1) is 12.9 Å². The number of imidazole rings is 1. The standard InChI is InChI=1S/C20H32N6O5/c1-4-22-17(29)14(12(28)8-27)31-11-26-10-23-13-15(21)24-18(25-16(13)26)20(30)7-5-6-19(2,3)9-20/h10,12,14,27-28,30H,4-9,11H2,1-3H3,(H,22,29)(H2,21,24,25)/t12?,14-,20?/m0/s1. The Morgan fingerprint density at radius 2 is 2.13 bits per heavy atom. The first-order chi connectivity index (χ1) is 14.6. The molecule has 3 rings (SSSR count). The van der Waals surface area contributed by atoms with Gasteiger partial charge < -0.3 is 31.1 Å². The fraction of sp³-hybridized carbons (Fsp3) is 0.700. The number of aliphatic hydroxyl groups is 3. The van der Waals surface area contributed by atoms with E-state index in [1.807, 2.05) is 0 Å². The van der Waals surface area contributed by atoms with E-state index >= 15 is 0 Å². The van der Waals surface area contributed by atoms with Crippen LogP contribution in [0.15, 0.2) is 6.33 Å². The van der Waals surface area contributed by atoms with Crippen molar-refractivity contribution >= 4 is 22.9 Å². The van der Waals surface area contributed by atoms with Crippen molar-refractivity contribution in [2.45, 2.75) is 71.0 Å². The van der Waals surface area contributed by atoms with Gasteiger partial charge in [-0.05, 0) is 38.0 Å². The lowest BCUT2D eigenvalue weighted by Gasteiger charge is -2.40. The van der Waals surface area contributed by atoms with Crippen LogP contribution in [-0.4, -0.2) is 66.1 Å². The molecule has 2 aromatic heterocycles. The van der Waals surface area contributed by atoms with Gasteiger partial charge >= 0.3 is 0 Å². The van der Waals surface area contributed by atoms with Crippen LogP contribution in [0.25, 0.3) is 11.2 Å². The molecule has 172 valence electrons. The summed E-state index contributed by atoms with van der Waals surface area (Å²) in [4.78, 5) is 25.3. The Bertz CT molecular complexity index is 932. The molecular formula is C20H32N6O5. The first kappa shape index (κ1) is 23.3. The second-order valence-electron chi connectivity index (χ2n) is 8.91. The SMILES string of the molecule is CCNC(=O)[C@@H](OCn1cnc2c(N)nc(C3(O)CCCC(C)(C)C3)nc21)C(O)CO. The van der Waals surface area contributed by atoms with E-state index in [1.165, 1.54) is 10.9 Å². The lowest BCUT2D eigenvalue weighted by Crippen LogP contribution is -2.45. The Morgan fingerprint density at radius 1 is 1.39 bits per heavy atom. The Morgan fingerprint density at radius 3 is 2.77 bits per heavy atom. The number of nitrogens with one attached hydrogen (secondary N) is 1. The van der Waals surface area contributed by atoms with Crippen molar-refractivity contribution in [3.8, 4) is 0 Å². The number of nitrogens with zero attached hydrogens (tertiary/aromatic N) is 4. The van der Waals surface area contributed by atoms with E-state index in [1.54, 1.807) is 6.92 Å². The van der Waals surface area contributed by atoms with Crippen molar-refractivity contribution in [3.05, 3.63) is 12.2 Å². The fourth-order valence-electron chi connectivity index (χ4n) is 4.18. The first-order valence-corrected chi connectivity index (χ1v) is 10.5. The van der Waals surface area contributed by atoms with E-state index in [2.05, 4.69) is 34.1 Å². The molecule has 6 N–H and O–H groups in total. The third-order valence-electron chi connectivity index (χ3n) is 5.66. The van der Waals surface area contributed by atoms with Crippen LogP contribution >= 0.6 is 0 Å². The molecule has 11 nitrogen and oxygen atoms in total. The maximum Gasteiger partial charge on any atom is 0.252 e. The average molecular weight is 437 g/mol. The van der Waals surface area contributed by atoms with Crippen molar-refractivity contribution in [2.75, 3.05) is 18.9 Å². The van der Waals surface area contributed by atoms with Gasteiger partial charge in [-0.1, -0.05) is 13.8 Å². The minimum Gasteiger partial charge on any atom is -0.394 e. The molecule has 2 aromatic rings. The second-order valence-corrected chi connectivity index (χ2v) is 8.91. The van der Waals surface area contributed by atoms with Crippen molar-refractivity contribution < 1.29 is 24.9 Å². The van der Waals surface area contributed by atoms with Gasteiger partial charge in [-0.15, -0.1) is 0 Å². The molecular weight excluding hydrogens is 404 g/mol. The minimum atomic E-state index is -1.39. The van der Waals surface area contributed by atoms with Crippen LogP contribution in [0.1, 0.15) is 52.3 Å². The largest absolute Gasteiger partial charge is 0.394 e. The smallest absolute Gasteiger partial charge is 0.252 e. The topological polar surface area (TPSA) is 169 Å². The Labute approximate surface area is 180 Å². The van der Waals surface area contributed by atoms with E-state index in [4.69, 9.17) is 10.5 Å². The molecule has 11 heteroatoms. The maximum absolute atomic E-state index is 12.2. The van der Waals surface area contributed by atoms with Crippen LogP contribution in [0.4, 0.5) is 5.82 Å². The van der Waals surface area contributed by atoms with Crippen molar-refractivity contribution in [1.82, 2.24) is 24.8 Å². The number of nitrogen functional groups attached to an aromatic ring is 1. The number of ether oxygens (including phenoxy) is 1. The van der Waals surface area contributed by atoms with Crippen LogP contribution < -0.4 is 11.1 Å². The van der Waals surface area contributed by atoms with Gasteiger partial charge in [0.2, 0.25) is 0 Å². The Kier molecular flexibility index (Phi) is 6.79. The van der Waals surface area contributed by atoms with Gasteiger partial charge in [0.25, 0.3) is 5.91 Å². The molecule has 1 aliphatic carbocycles. The number of hydrogen-bond donors (Lipinski definition) is 5. The molecule has 0 radical (unpaired) electrons. The highest BCUT2D eigenvalue weighted by Gasteiger charge is 2.42. The van der Waals surface area contributed by atoms with Crippen molar-refractivity contribution in [1.29, 1.82) is 0 Å². The first-order valence-electron chi connectivity index (χ1n) is 10.5. The van der Waals surface area contributed by atoms with Gasteiger partial charge in [0.1, 0.15) is 24.0 Å². The highest BCUT2D eigenvalue weighted by atomic mass is 16.5. The molecule has 3 atom stereocenters. The molecule has 0 saturated heterocycles. The number of rotatable bonds is 8. The zero-order chi connectivity index (χ0) is 22.8. The van der Waals surface area contributed by atoms with Gasteiger partial charge in [-0.25, -0.2) is 15.0 Å². The molecule has 0 aliphatic heterocycles. The Hall–Kier alpha value is -2.34. The summed E-state index contributed by atoms with van der Waals surface area (Å²) in [5, 5.41) is 33.1. The predicted octanol–water partition coefficient (Wildman–Crippen LogP) is 0.0283. The summed E-state index contributed by atoms with van der Waals surface area (Å²) in [6.07, 6.45) is 1.68. The number of aromatic nitrogens is 4. The van der Waals surface area contributed by atoms with E-state index in [0.29, 0.717) is 30.6 Å². The molecule has 31 heavy (non-hydrogen) atoms. The van der Waals surface area contributed by atoms with Crippen LogP contribution in [0.5, 0.6) is 0 Å². The van der Waals surface area contributed by atoms with Gasteiger partial charge in [0.15, 0.2) is 23.4 Å². The normalized spacial score (nSPS) is 22.9. The van der Waals surface area contributed by atoms with Gasteiger partial charge in [-0.2, -0.15) is 0 Å². The third-order valence-corrected chi connectivity index (χ3v) is 5.66. The average Bonchev–Trinajstić information content (AvgIpc) is 3.11. The van der Waals surface area contributed by atoms with Gasteiger partial charge in [-0.3, -0.25) is 9.36 Å². The Balaban J connectivity index is 1.89. The van der Waals surface area contributed by atoms with Crippen molar-refractivity contribution in [2.24, 2.45) is 5.41 Å². The summed E-state index contributed by atoms with van der Waals surface area (Å²) in [5.74, 6) is -0.157. The molecule has 1 saturated carbocycles. The van der Waals surface area contributed by atoms with Crippen molar-refractivity contribution in [3.63, 3.8) is 0 Å². The number of carbonyl (C=O) groups excluding carboxylic acids is 1. The molecule has 1 fully saturated rings. The molecule has 1 amide bonds. The summed E-state index contributed by atoms with van der Waals surface area (Å²) in [6.45, 7) is 5.49. The number of aliphatic hydroxyl groups excluding tert-OH is 2. The van der Waals surface area contributed by atoms with E-state index in [0.717, 1.165) is 12.8 Å².